The molecule has 2 aromatic carbocycles. The number of nitrogens with two attached hydrogens (primary N) is 1. The molecule has 3 aromatic rings. The van der Waals surface area contributed by atoms with Gasteiger partial charge in [-0.05, 0) is 107 Å². The fourth-order valence-corrected chi connectivity index (χ4v) is 8.17. The first-order valence-electron chi connectivity index (χ1n) is 21.3. The number of β-amino-alcohol motifs (C(OH)–C–C–N with tert-alkyl or cyclic N) is 1. The molecule has 62 heavy (non-hydrogen) atoms. The van der Waals surface area contributed by atoms with Crippen LogP contribution in [0.1, 0.15) is 122 Å². The first-order chi connectivity index (χ1) is 29.0. The number of likely N-dealkylation sites (tertiary alicyclic amines) is 1. The smallest absolute Gasteiger partial charge is 0.408 e. The van der Waals surface area contributed by atoms with Crippen LogP contribution in [0.3, 0.4) is 0 Å². The molecule has 0 bridgehead atoms. The number of amides is 6. The number of nitrogens with zero attached hydrogens (tertiary/aromatic N) is 2. The summed E-state index contributed by atoms with van der Waals surface area (Å²) < 4.78 is 5.30. The number of ether oxygens (including phenoxy) is 1. The van der Waals surface area contributed by atoms with Crippen molar-refractivity contribution < 1.29 is 38.6 Å². The SMILES string of the molecule is Cc1cc(CCCCCC(=O)NC(C(=O)N2C[C@H](O)C[C@H]2C(=O)NC(C)c2ccc(-c3scnc3C)cc2)C(C)(C)C)cc(NC(=O)C(CCC(N)=O)NC(=O)OC(C)(C)C)c1. The minimum atomic E-state index is -1.05. The van der Waals surface area contributed by atoms with Crippen molar-refractivity contribution >= 4 is 52.7 Å². The highest BCUT2D eigenvalue weighted by Gasteiger charge is 2.44. The van der Waals surface area contributed by atoms with E-state index in [1.54, 1.807) is 38.2 Å². The van der Waals surface area contributed by atoms with Crippen LogP contribution >= 0.6 is 11.3 Å². The van der Waals surface area contributed by atoms with E-state index >= 15 is 0 Å². The Morgan fingerprint density at radius 3 is 2.24 bits per heavy atom. The van der Waals surface area contributed by atoms with Crippen molar-refractivity contribution in [1.82, 2.24) is 25.8 Å². The Labute approximate surface area is 369 Å². The van der Waals surface area contributed by atoms with Crippen LogP contribution in [0.15, 0.2) is 48.0 Å². The number of aromatic nitrogens is 1. The predicted molar refractivity (Wildman–Crippen MR) is 240 cm³/mol. The molecular weight excluding hydrogens is 811 g/mol. The lowest BCUT2D eigenvalue weighted by Gasteiger charge is -2.35. The second kappa shape index (κ2) is 21.6. The number of carbonyl (C=O) groups is 6. The second-order valence-electron chi connectivity index (χ2n) is 18.3. The molecule has 16 heteroatoms. The largest absolute Gasteiger partial charge is 0.444 e. The molecule has 1 fully saturated rings. The normalized spacial score (nSPS) is 16.8. The van der Waals surface area contributed by atoms with Gasteiger partial charge in [0.05, 0.1) is 28.2 Å². The van der Waals surface area contributed by atoms with Gasteiger partial charge < -0.3 is 41.7 Å². The maximum Gasteiger partial charge on any atom is 0.408 e. The van der Waals surface area contributed by atoms with Crippen molar-refractivity contribution in [3.8, 4) is 10.4 Å². The Hall–Kier alpha value is -5.35. The van der Waals surface area contributed by atoms with E-state index in [1.807, 2.05) is 83.5 Å². The average molecular weight is 876 g/mol. The van der Waals surface area contributed by atoms with Crippen molar-refractivity contribution in [3.05, 3.63) is 70.4 Å². The second-order valence-corrected chi connectivity index (χ2v) is 19.2. The maximum absolute atomic E-state index is 14.1. The van der Waals surface area contributed by atoms with Crippen LogP contribution in [-0.4, -0.2) is 87.0 Å². The van der Waals surface area contributed by atoms with E-state index in [0.29, 0.717) is 18.5 Å². The summed E-state index contributed by atoms with van der Waals surface area (Å²) >= 11 is 1.57. The zero-order valence-corrected chi connectivity index (χ0v) is 38.4. The molecule has 0 spiro atoms. The third kappa shape index (κ3) is 14.9. The van der Waals surface area contributed by atoms with E-state index in [4.69, 9.17) is 10.5 Å². The topological polar surface area (TPSA) is 222 Å². The average Bonchev–Trinajstić information content (AvgIpc) is 3.78. The van der Waals surface area contributed by atoms with E-state index in [-0.39, 0.29) is 50.1 Å². The monoisotopic (exact) mass is 875 g/mol. The first-order valence-corrected chi connectivity index (χ1v) is 22.2. The summed E-state index contributed by atoms with van der Waals surface area (Å²) in [5.74, 6) is -2.18. The van der Waals surface area contributed by atoms with E-state index in [9.17, 15) is 33.9 Å². The van der Waals surface area contributed by atoms with Crippen LogP contribution in [0, 0.1) is 19.3 Å². The van der Waals surface area contributed by atoms with E-state index < -0.39 is 59.1 Å². The van der Waals surface area contributed by atoms with Crippen molar-refractivity contribution in [2.75, 3.05) is 11.9 Å². The van der Waals surface area contributed by atoms with Crippen LogP contribution in [0.4, 0.5) is 10.5 Å². The highest BCUT2D eigenvalue weighted by Crippen LogP contribution is 2.30. The summed E-state index contributed by atoms with van der Waals surface area (Å²) in [6, 6.07) is 10.4. The van der Waals surface area contributed by atoms with E-state index in [2.05, 4.69) is 26.3 Å². The van der Waals surface area contributed by atoms with Gasteiger partial charge in [-0.25, -0.2) is 9.78 Å². The summed E-state index contributed by atoms with van der Waals surface area (Å²) in [5, 5.41) is 22.0. The summed E-state index contributed by atoms with van der Waals surface area (Å²) in [6.07, 6.45) is 1.24. The number of thiazole rings is 1. The Bertz CT molecular complexity index is 2060. The predicted octanol–water partition coefficient (Wildman–Crippen LogP) is 6.00. The van der Waals surface area contributed by atoms with E-state index in [1.165, 1.54) is 4.90 Å². The van der Waals surface area contributed by atoms with Crippen LogP contribution in [0.25, 0.3) is 10.4 Å². The molecule has 15 nitrogen and oxygen atoms in total. The van der Waals surface area contributed by atoms with Gasteiger partial charge >= 0.3 is 6.09 Å². The standard InChI is InChI=1S/C46H65N7O8S/c1-27-21-30(23-33(22-27)50-41(57)35(19-20-37(47)55)51-44(60)61-46(7,8)9)13-11-10-12-14-38(56)52-40(45(4,5)6)43(59)53-25-34(54)24-36(53)42(58)49-28(2)31-15-17-32(18-16-31)39-29(3)48-26-62-39/h15-18,21-23,26,28,34-36,40,54H,10-14,19-20,24-25H2,1-9H3,(H2,47,55)(H,49,58)(H,50,57)(H,51,60)(H,52,56)/t28?,34-,35?,36+,40?/m1/s1. The van der Waals surface area contributed by atoms with Gasteiger partial charge in [0.15, 0.2) is 0 Å². The fraction of sp³-hybridized carbons (Fsp3) is 0.543. The van der Waals surface area contributed by atoms with Gasteiger partial charge in [0.1, 0.15) is 23.7 Å². The molecule has 0 saturated carbocycles. The third-order valence-electron chi connectivity index (χ3n) is 10.5. The number of nitrogens with one attached hydrogen (secondary N) is 4. The van der Waals surface area contributed by atoms with Gasteiger partial charge in [-0.1, -0.05) is 57.5 Å². The van der Waals surface area contributed by atoms with Crippen LogP contribution in [-0.2, 0) is 35.1 Å². The minimum absolute atomic E-state index is 0.00128. The number of hydrogen-bond acceptors (Lipinski definition) is 10. The number of alkyl carbamates (subject to hydrolysis) is 1. The molecule has 7 N–H and O–H groups in total. The van der Waals surface area contributed by atoms with Gasteiger partial charge in [0, 0.05) is 31.5 Å². The first kappa shape index (κ1) is 49.3. The zero-order valence-electron chi connectivity index (χ0n) is 37.6. The molecule has 0 radical (unpaired) electrons. The molecule has 5 atom stereocenters. The Balaban J connectivity index is 1.29. The summed E-state index contributed by atoms with van der Waals surface area (Å²) in [7, 11) is 0. The lowest BCUT2D eigenvalue weighted by atomic mass is 9.85. The molecule has 0 aliphatic carbocycles. The lowest BCUT2D eigenvalue weighted by molar-refractivity contribution is -0.144. The number of unbranched alkanes of at least 4 members (excludes halogenated alkanes) is 2. The third-order valence-corrected chi connectivity index (χ3v) is 11.5. The van der Waals surface area contributed by atoms with Crippen LogP contribution in [0.2, 0.25) is 0 Å². The molecule has 1 aromatic heterocycles. The molecule has 3 unspecified atom stereocenters. The van der Waals surface area contributed by atoms with Gasteiger partial charge in [0.25, 0.3) is 0 Å². The molecule has 2 heterocycles. The minimum Gasteiger partial charge on any atom is -0.444 e. The van der Waals surface area contributed by atoms with Crippen molar-refractivity contribution in [2.24, 2.45) is 11.1 Å². The van der Waals surface area contributed by atoms with Gasteiger partial charge in [-0.3, -0.25) is 24.0 Å². The zero-order chi connectivity index (χ0) is 45.9. The van der Waals surface area contributed by atoms with Crippen molar-refractivity contribution in [1.29, 1.82) is 0 Å². The molecule has 338 valence electrons. The van der Waals surface area contributed by atoms with Crippen molar-refractivity contribution in [3.63, 3.8) is 0 Å². The summed E-state index contributed by atoms with van der Waals surface area (Å²) in [4.78, 5) is 85.0. The molecule has 1 aliphatic heterocycles. The number of aryl methyl sites for hydroxylation is 3. The number of anilines is 1. The molecular formula is C46H65N7O8S. The van der Waals surface area contributed by atoms with Crippen LogP contribution < -0.4 is 27.0 Å². The Kier molecular flexibility index (Phi) is 17.2. The number of hydrogen-bond donors (Lipinski definition) is 6. The Morgan fingerprint density at radius 2 is 1.63 bits per heavy atom. The highest BCUT2D eigenvalue weighted by atomic mass is 32.1. The summed E-state index contributed by atoms with van der Waals surface area (Å²) in [6.45, 7) is 16.4. The molecule has 1 saturated heterocycles. The van der Waals surface area contributed by atoms with Gasteiger partial charge in [0.2, 0.25) is 29.5 Å². The highest BCUT2D eigenvalue weighted by molar-refractivity contribution is 7.13. The number of carbonyl (C=O) groups excluding carboxylic acids is 6. The maximum atomic E-state index is 14.1. The van der Waals surface area contributed by atoms with E-state index in [0.717, 1.165) is 45.7 Å². The number of benzene rings is 2. The Morgan fingerprint density at radius 1 is 0.935 bits per heavy atom. The molecule has 6 amide bonds. The molecule has 1 aliphatic rings. The number of aliphatic hydroxyl groups is 1. The summed E-state index contributed by atoms with van der Waals surface area (Å²) in [5.41, 5.74) is 11.0. The fourth-order valence-electron chi connectivity index (χ4n) is 7.35. The number of rotatable bonds is 18. The van der Waals surface area contributed by atoms with Crippen LogP contribution in [0.5, 0.6) is 0 Å². The van der Waals surface area contributed by atoms with Crippen molar-refractivity contribution in [2.45, 2.75) is 150 Å². The number of primary amides is 1. The van der Waals surface area contributed by atoms with Gasteiger partial charge in [-0.15, -0.1) is 11.3 Å². The number of aliphatic hydroxyl groups excluding tert-OH is 1. The molecule has 4 rings (SSSR count). The van der Waals surface area contributed by atoms with Gasteiger partial charge in [-0.2, -0.15) is 0 Å². The lowest BCUT2D eigenvalue weighted by Crippen LogP contribution is -2.57. The quantitative estimate of drug-likeness (QED) is 0.0825.